The molecule has 0 aliphatic carbocycles. The number of hydrogen-bond acceptors (Lipinski definition) is 3. The van der Waals surface area contributed by atoms with Gasteiger partial charge in [-0.3, -0.25) is 4.79 Å². The Labute approximate surface area is 152 Å². The fourth-order valence-electron chi connectivity index (χ4n) is 3.24. The molecule has 0 fully saturated rings. The Morgan fingerprint density at radius 1 is 0.923 bits per heavy atom. The summed E-state index contributed by atoms with van der Waals surface area (Å²) in [4.78, 5) is 32.9. The molecule has 2 aromatic carbocycles. The lowest BCUT2D eigenvalue weighted by molar-refractivity contribution is 0.166. The van der Waals surface area contributed by atoms with Crippen LogP contribution in [0, 0.1) is 0 Å². The van der Waals surface area contributed by atoms with Gasteiger partial charge in [-0.05, 0) is 39.8 Å². The maximum absolute atomic E-state index is 13.3. The van der Waals surface area contributed by atoms with Crippen molar-refractivity contribution in [2.75, 3.05) is 0 Å². The zero-order chi connectivity index (χ0) is 18.8. The third-order valence-electron chi connectivity index (χ3n) is 4.33. The molecule has 1 aromatic heterocycles. The molecule has 0 aliphatic rings. The highest BCUT2D eigenvalue weighted by atomic mass is 16.2. The van der Waals surface area contributed by atoms with Crippen LogP contribution in [0.25, 0.3) is 22.3 Å². The van der Waals surface area contributed by atoms with Gasteiger partial charge >= 0.3 is 6.03 Å². The third-order valence-corrected chi connectivity index (χ3v) is 4.33. The molecule has 0 spiro atoms. The van der Waals surface area contributed by atoms with E-state index in [9.17, 15) is 9.59 Å². The van der Waals surface area contributed by atoms with Crippen molar-refractivity contribution >= 4 is 16.9 Å². The minimum atomic E-state index is -0.350. The first-order chi connectivity index (χ1) is 12.4. The molecule has 5 nitrogen and oxygen atoms in total. The number of nitrogens with zero attached hydrogens (tertiary/aromatic N) is 3. The van der Waals surface area contributed by atoms with Gasteiger partial charge in [0.1, 0.15) is 0 Å². The Morgan fingerprint density at radius 3 is 2.12 bits per heavy atom. The van der Waals surface area contributed by atoms with Crippen molar-refractivity contribution < 1.29 is 4.79 Å². The number of rotatable bonds is 3. The number of hydrogen-bond donors (Lipinski definition) is 0. The second-order valence-corrected chi connectivity index (χ2v) is 6.84. The average Bonchev–Trinajstić information content (AvgIpc) is 2.61. The van der Waals surface area contributed by atoms with Crippen molar-refractivity contribution in [1.82, 2.24) is 14.5 Å². The van der Waals surface area contributed by atoms with Crippen LogP contribution in [0.5, 0.6) is 0 Å². The number of aromatic nitrogens is 2. The van der Waals surface area contributed by atoms with E-state index < -0.39 is 0 Å². The largest absolute Gasteiger partial charge is 0.333 e. The molecule has 5 heteroatoms. The van der Waals surface area contributed by atoms with Gasteiger partial charge in [-0.1, -0.05) is 42.5 Å². The number of amides is 1. The van der Waals surface area contributed by atoms with Crippen LogP contribution < -0.4 is 5.56 Å². The van der Waals surface area contributed by atoms with Crippen LogP contribution in [-0.4, -0.2) is 32.6 Å². The van der Waals surface area contributed by atoms with Crippen molar-refractivity contribution in [3.63, 3.8) is 0 Å². The highest BCUT2D eigenvalue weighted by Crippen LogP contribution is 2.20. The molecule has 0 radical (unpaired) electrons. The minimum Gasteiger partial charge on any atom is -0.319 e. The summed E-state index contributed by atoms with van der Waals surface area (Å²) in [5.41, 5.74) is 0.975. The van der Waals surface area contributed by atoms with Gasteiger partial charge in [0, 0.05) is 17.6 Å². The zero-order valence-electron chi connectivity index (χ0n) is 15.5. The number of para-hydroxylation sites is 1. The van der Waals surface area contributed by atoms with Crippen LogP contribution in [-0.2, 0) is 0 Å². The van der Waals surface area contributed by atoms with E-state index in [0.29, 0.717) is 16.7 Å². The standard InChI is InChI=1S/C21H23N3O2/c1-14(2)23(15(3)4)21(26)24-19(16-10-6-5-7-11-16)22-18-13-9-8-12-17(18)20(24)25/h5-15H,1-4H3. The lowest BCUT2D eigenvalue weighted by atomic mass is 10.1. The Balaban J connectivity index is 2.34. The van der Waals surface area contributed by atoms with Crippen LogP contribution in [0.2, 0.25) is 0 Å². The normalized spacial score (nSPS) is 11.3. The molecular weight excluding hydrogens is 326 g/mol. The van der Waals surface area contributed by atoms with E-state index in [2.05, 4.69) is 4.98 Å². The molecular formula is C21H23N3O2. The maximum atomic E-state index is 13.3. The van der Waals surface area contributed by atoms with Crippen LogP contribution in [0.15, 0.2) is 59.4 Å². The molecule has 0 N–H and O–H groups in total. The van der Waals surface area contributed by atoms with E-state index in [1.807, 2.05) is 64.1 Å². The Bertz CT molecular complexity index is 983. The van der Waals surface area contributed by atoms with Gasteiger partial charge in [0.25, 0.3) is 5.56 Å². The van der Waals surface area contributed by atoms with Crippen LogP contribution in [0.3, 0.4) is 0 Å². The van der Waals surface area contributed by atoms with Crippen LogP contribution in [0.1, 0.15) is 27.7 Å². The smallest absolute Gasteiger partial charge is 0.319 e. The maximum Gasteiger partial charge on any atom is 0.333 e. The van der Waals surface area contributed by atoms with Gasteiger partial charge in [-0.2, -0.15) is 0 Å². The lowest BCUT2D eigenvalue weighted by Gasteiger charge is -2.31. The predicted octanol–water partition coefficient (Wildman–Crippen LogP) is 4.15. The van der Waals surface area contributed by atoms with Gasteiger partial charge in [0.2, 0.25) is 0 Å². The van der Waals surface area contributed by atoms with E-state index in [0.717, 1.165) is 5.56 Å². The molecule has 26 heavy (non-hydrogen) atoms. The lowest BCUT2D eigenvalue weighted by Crippen LogP contribution is -2.48. The third kappa shape index (κ3) is 3.12. The van der Waals surface area contributed by atoms with Crippen molar-refractivity contribution in [1.29, 1.82) is 0 Å². The minimum absolute atomic E-state index is 0.0375. The molecule has 0 unspecified atom stereocenters. The fourth-order valence-corrected chi connectivity index (χ4v) is 3.24. The fraction of sp³-hybridized carbons (Fsp3) is 0.286. The SMILES string of the molecule is CC(C)N(C(=O)n1c(-c2ccccc2)nc2ccccc2c1=O)C(C)C. The Morgan fingerprint density at radius 2 is 1.50 bits per heavy atom. The summed E-state index contributed by atoms with van der Waals surface area (Å²) >= 11 is 0. The first-order valence-corrected chi connectivity index (χ1v) is 8.81. The topological polar surface area (TPSA) is 55.2 Å². The second kappa shape index (κ2) is 7.12. The second-order valence-electron chi connectivity index (χ2n) is 6.84. The average molecular weight is 349 g/mol. The Hall–Kier alpha value is -2.95. The summed E-state index contributed by atoms with van der Waals surface area (Å²) < 4.78 is 1.21. The van der Waals surface area contributed by atoms with Gasteiger partial charge in [-0.15, -0.1) is 0 Å². The Kier molecular flexibility index (Phi) is 4.89. The predicted molar refractivity (Wildman–Crippen MR) is 104 cm³/mol. The van der Waals surface area contributed by atoms with Gasteiger partial charge < -0.3 is 4.90 Å². The summed E-state index contributed by atoms with van der Waals surface area (Å²) in [5, 5.41) is 0.438. The van der Waals surface area contributed by atoms with Crippen molar-refractivity contribution in [3.05, 3.63) is 65.0 Å². The summed E-state index contributed by atoms with van der Waals surface area (Å²) in [5.74, 6) is 0.366. The number of benzene rings is 2. The van der Waals surface area contributed by atoms with Gasteiger partial charge in [0.15, 0.2) is 5.82 Å². The monoisotopic (exact) mass is 349 g/mol. The van der Waals surface area contributed by atoms with Crippen LogP contribution in [0.4, 0.5) is 4.79 Å². The summed E-state index contributed by atoms with van der Waals surface area (Å²) in [7, 11) is 0. The molecule has 1 heterocycles. The molecule has 0 atom stereocenters. The number of carbonyl (C=O) groups excluding carboxylic acids is 1. The van der Waals surface area contributed by atoms with Crippen molar-refractivity contribution in [2.24, 2.45) is 0 Å². The van der Waals surface area contributed by atoms with E-state index in [4.69, 9.17) is 0 Å². The molecule has 3 aromatic rings. The summed E-state index contributed by atoms with van der Waals surface area (Å²) in [6.07, 6.45) is 0. The first-order valence-electron chi connectivity index (χ1n) is 8.81. The highest BCUT2D eigenvalue weighted by Gasteiger charge is 2.26. The molecule has 1 amide bonds. The first kappa shape index (κ1) is 17.9. The highest BCUT2D eigenvalue weighted by molar-refractivity contribution is 5.87. The molecule has 0 bridgehead atoms. The van der Waals surface area contributed by atoms with E-state index in [1.165, 1.54) is 4.57 Å². The van der Waals surface area contributed by atoms with Crippen LogP contribution >= 0.6 is 0 Å². The number of fused-ring (bicyclic) bond motifs is 1. The van der Waals surface area contributed by atoms with E-state index in [-0.39, 0.29) is 23.7 Å². The summed E-state index contributed by atoms with van der Waals surface area (Å²) in [6.45, 7) is 7.78. The van der Waals surface area contributed by atoms with Crippen molar-refractivity contribution in [3.8, 4) is 11.4 Å². The molecule has 0 saturated carbocycles. The van der Waals surface area contributed by atoms with Gasteiger partial charge in [-0.25, -0.2) is 14.3 Å². The summed E-state index contributed by atoms with van der Waals surface area (Å²) in [6, 6.07) is 16.0. The molecule has 0 aliphatic heterocycles. The zero-order valence-corrected chi connectivity index (χ0v) is 15.5. The molecule has 0 saturated heterocycles. The van der Waals surface area contributed by atoms with E-state index >= 15 is 0 Å². The quantitative estimate of drug-likeness (QED) is 0.714. The van der Waals surface area contributed by atoms with Gasteiger partial charge in [0.05, 0.1) is 10.9 Å². The molecule has 3 rings (SSSR count). The number of carbonyl (C=O) groups is 1. The van der Waals surface area contributed by atoms with Crippen molar-refractivity contribution in [2.45, 2.75) is 39.8 Å². The van der Waals surface area contributed by atoms with E-state index in [1.54, 1.807) is 23.1 Å². The molecule has 134 valence electrons.